The van der Waals surface area contributed by atoms with Gasteiger partial charge in [0.15, 0.2) is 0 Å². The van der Waals surface area contributed by atoms with Crippen molar-refractivity contribution >= 4 is 11.4 Å². The summed E-state index contributed by atoms with van der Waals surface area (Å²) in [6.45, 7) is 8.16. The Labute approximate surface area is 120 Å². The van der Waals surface area contributed by atoms with Crippen molar-refractivity contribution < 1.29 is 9.66 Å². The SMILES string of the molecule is CCCC(C)COCc1cc([N+](=O)[O-])ccc1NCC. The second-order valence-corrected chi connectivity index (χ2v) is 5.04. The molecule has 0 saturated heterocycles. The van der Waals surface area contributed by atoms with E-state index in [9.17, 15) is 10.1 Å². The van der Waals surface area contributed by atoms with Gasteiger partial charge in [-0.25, -0.2) is 0 Å². The van der Waals surface area contributed by atoms with Crippen LogP contribution in [0.15, 0.2) is 18.2 Å². The number of nitro benzene ring substituents is 1. The number of anilines is 1. The molecule has 0 aromatic heterocycles. The van der Waals surface area contributed by atoms with Gasteiger partial charge in [0, 0.05) is 36.5 Å². The Morgan fingerprint density at radius 1 is 1.40 bits per heavy atom. The van der Waals surface area contributed by atoms with E-state index in [1.54, 1.807) is 12.1 Å². The molecule has 1 unspecified atom stereocenters. The van der Waals surface area contributed by atoms with Crippen LogP contribution in [0, 0.1) is 16.0 Å². The minimum absolute atomic E-state index is 0.104. The number of hydrogen-bond acceptors (Lipinski definition) is 4. The minimum atomic E-state index is -0.376. The van der Waals surface area contributed by atoms with E-state index in [2.05, 4.69) is 19.2 Å². The number of ether oxygens (including phenoxy) is 1. The van der Waals surface area contributed by atoms with E-state index in [1.807, 2.05) is 6.92 Å². The lowest BCUT2D eigenvalue weighted by molar-refractivity contribution is -0.384. The summed E-state index contributed by atoms with van der Waals surface area (Å²) in [5, 5.41) is 14.0. The van der Waals surface area contributed by atoms with E-state index in [4.69, 9.17) is 4.74 Å². The lowest BCUT2D eigenvalue weighted by atomic mass is 10.1. The Morgan fingerprint density at radius 3 is 2.75 bits per heavy atom. The highest BCUT2D eigenvalue weighted by atomic mass is 16.6. The number of hydrogen-bond donors (Lipinski definition) is 1. The van der Waals surface area contributed by atoms with E-state index in [0.29, 0.717) is 19.1 Å². The Hall–Kier alpha value is -1.62. The third-order valence-corrected chi connectivity index (χ3v) is 3.11. The molecule has 0 aliphatic rings. The quantitative estimate of drug-likeness (QED) is 0.549. The van der Waals surface area contributed by atoms with Crippen LogP contribution in [0.4, 0.5) is 11.4 Å². The van der Waals surface area contributed by atoms with Crippen molar-refractivity contribution in [1.29, 1.82) is 0 Å². The second-order valence-electron chi connectivity index (χ2n) is 5.04. The van der Waals surface area contributed by atoms with Crippen molar-refractivity contribution in [1.82, 2.24) is 0 Å². The molecule has 0 aliphatic heterocycles. The number of benzene rings is 1. The normalized spacial score (nSPS) is 12.2. The number of rotatable bonds is 9. The molecule has 0 fully saturated rings. The minimum Gasteiger partial charge on any atom is -0.385 e. The maximum absolute atomic E-state index is 10.8. The van der Waals surface area contributed by atoms with E-state index in [0.717, 1.165) is 30.6 Å². The van der Waals surface area contributed by atoms with Crippen molar-refractivity contribution in [2.24, 2.45) is 5.92 Å². The number of nitrogens with zero attached hydrogens (tertiary/aromatic N) is 1. The third-order valence-electron chi connectivity index (χ3n) is 3.11. The van der Waals surface area contributed by atoms with Crippen LogP contribution in [0.25, 0.3) is 0 Å². The van der Waals surface area contributed by atoms with Gasteiger partial charge in [0.1, 0.15) is 0 Å². The Bertz CT molecular complexity index is 435. The predicted molar refractivity (Wildman–Crippen MR) is 81.0 cm³/mol. The molecule has 0 bridgehead atoms. The van der Waals surface area contributed by atoms with Gasteiger partial charge < -0.3 is 10.1 Å². The van der Waals surface area contributed by atoms with Gasteiger partial charge in [-0.15, -0.1) is 0 Å². The number of non-ortho nitro benzene ring substituents is 1. The molecule has 5 heteroatoms. The lowest BCUT2D eigenvalue weighted by Gasteiger charge is -2.13. The number of nitro groups is 1. The molecule has 0 heterocycles. The van der Waals surface area contributed by atoms with Crippen molar-refractivity contribution in [3.8, 4) is 0 Å². The van der Waals surface area contributed by atoms with E-state index in [-0.39, 0.29) is 10.6 Å². The average molecular weight is 280 g/mol. The molecule has 20 heavy (non-hydrogen) atoms. The Balaban J connectivity index is 2.69. The second kappa shape index (κ2) is 8.53. The Kier molecular flexibility index (Phi) is 7.01. The van der Waals surface area contributed by atoms with Crippen LogP contribution in [-0.2, 0) is 11.3 Å². The molecule has 0 saturated carbocycles. The van der Waals surface area contributed by atoms with Crippen molar-refractivity contribution in [2.45, 2.75) is 40.2 Å². The maximum Gasteiger partial charge on any atom is 0.269 e. The van der Waals surface area contributed by atoms with Crippen LogP contribution in [0.3, 0.4) is 0 Å². The molecule has 1 aromatic carbocycles. The first kappa shape index (κ1) is 16.4. The largest absolute Gasteiger partial charge is 0.385 e. The van der Waals surface area contributed by atoms with Gasteiger partial charge in [-0.05, 0) is 25.3 Å². The molecule has 0 radical (unpaired) electrons. The smallest absolute Gasteiger partial charge is 0.269 e. The fourth-order valence-corrected chi connectivity index (χ4v) is 2.12. The highest BCUT2D eigenvalue weighted by molar-refractivity contribution is 5.55. The molecular formula is C15H24N2O3. The van der Waals surface area contributed by atoms with Gasteiger partial charge in [-0.3, -0.25) is 10.1 Å². The Morgan fingerprint density at radius 2 is 2.15 bits per heavy atom. The molecule has 0 amide bonds. The fourth-order valence-electron chi connectivity index (χ4n) is 2.12. The van der Waals surface area contributed by atoms with E-state index >= 15 is 0 Å². The molecule has 1 atom stereocenters. The first-order valence-electron chi connectivity index (χ1n) is 7.17. The van der Waals surface area contributed by atoms with Gasteiger partial charge in [0.25, 0.3) is 5.69 Å². The van der Waals surface area contributed by atoms with Crippen molar-refractivity contribution in [3.63, 3.8) is 0 Å². The van der Waals surface area contributed by atoms with Crippen molar-refractivity contribution in [2.75, 3.05) is 18.5 Å². The molecule has 5 nitrogen and oxygen atoms in total. The zero-order valence-corrected chi connectivity index (χ0v) is 12.5. The van der Waals surface area contributed by atoms with Crippen LogP contribution in [0.1, 0.15) is 39.2 Å². The highest BCUT2D eigenvalue weighted by Crippen LogP contribution is 2.23. The lowest BCUT2D eigenvalue weighted by Crippen LogP contribution is -2.08. The van der Waals surface area contributed by atoms with Crippen LogP contribution in [0.2, 0.25) is 0 Å². The average Bonchev–Trinajstić information content (AvgIpc) is 2.40. The first-order valence-corrected chi connectivity index (χ1v) is 7.17. The van der Waals surface area contributed by atoms with Gasteiger partial charge in [-0.1, -0.05) is 20.3 Å². The molecular weight excluding hydrogens is 256 g/mol. The molecule has 0 aliphatic carbocycles. The number of nitrogens with one attached hydrogen (secondary N) is 1. The standard InChI is InChI=1S/C15H24N2O3/c1-4-6-12(3)10-20-11-13-9-14(17(18)19)7-8-15(13)16-5-2/h7-9,12,16H,4-6,10-11H2,1-3H3. The van der Waals surface area contributed by atoms with Crippen LogP contribution in [0.5, 0.6) is 0 Å². The summed E-state index contributed by atoms with van der Waals surface area (Å²) in [6.07, 6.45) is 2.28. The summed E-state index contributed by atoms with van der Waals surface area (Å²) in [6, 6.07) is 4.85. The summed E-state index contributed by atoms with van der Waals surface area (Å²) in [7, 11) is 0. The van der Waals surface area contributed by atoms with Gasteiger partial charge in [0.05, 0.1) is 11.5 Å². The topological polar surface area (TPSA) is 64.4 Å². The zero-order chi connectivity index (χ0) is 15.0. The molecule has 0 spiro atoms. The molecule has 1 aromatic rings. The summed E-state index contributed by atoms with van der Waals surface area (Å²) in [5.41, 5.74) is 1.85. The highest BCUT2D eigenvalue weighted by Gasteiger charge is 2.11. The molecule has 1 N–H and O–H groups in total. The van der Waals surface area contributed by atoms with Gasteiger partial charge in [-0.2, -0.15) is 0 Å². The van der Waals surface area contributed by atoms with Gasteiger partial charge in [0.2, 0.25) is 0 Å². The van der Waals surface area contributed by atoms with Crippen LogP contribution >= 0.6 is 0 Å². The maximum atomic E-state index is 10.8. The first-order chi connectivity index (χ1) is 9.58. The van der Waals surface area contributed by atoms with Crippen LogP contribution in [-0.4, -0.2) is 18.1 Å². The fraction of sp³-hybridized carbons (Fsp3) is 0.600. The summed E-state index contributed by atoms with van der Waals surface area (Å²) in [4.78, 5) is 10.5. The molecule has 1 rings (SSSR count). The monoisotopic (exact) mass is 280 g/mol. The van der Waals surface area contributed by atoms with Crippen molar-refractivity contribution in [3.05, 3.63) is 33.9 Å². The van der Waals surface area contributed by atoms with Gasteiger partial charge >= 0.3 is 0 Å². The zero-order valence-electron chi connectivity index (χ0n) is 12.5. The van der Waals surface area contributed by atoms with Crippen LogP contribution < -0.4 is 5.32 Å². The van der Waals surface area contributed by atoms with E-state index < -0.39 is 0 Å². The third kappa shape index (κ3) is 5.17. The summed E-state index contributed by atoms with van der Waals surface area (Å²) in [5.74, 6) is 0.515. The van der Waals surface area contributed by atoms with E-state index in [1.165, 1.54) is 6.07 Å². The summed E-state index contributed by atoms with van der Waals surface area (Å²) >= 11 is 0. The summed E-state index contributed by atoms with van der Waals surface area (Å²) < 4.78 is 5.69. The molecule has 112 valence electrons. The predicted octanol–water partition coefficient (Wildman–Crippen LogP) is 3.98.